The van der Waals surface area contributed by atoms with E-state index in [-0.39, 0.29) is 5.75 Å². The summed E-state index contributed by atoms with van der Waals surface area (Å²) in [6, 6.07) is 18.8. The van der Waals surface area contributed by atoms with E-state index in [1.807, 2.05) is 36.6 Å². The van der Waals surface area contributed by atoms with Gasteiger partial charge in [-0.1, -0.05) is 36.4 Å². The van der Waals surface area contributed by atoms with Gasteiger partial charge in [-0.2, -0.15) is 4.99 Å². The molecule has 6 rings (SSSR count). The third-order valence-corrected chi connectivity index (χ3v) is 7.95. The minimum Gasteiger partial charge on any atom is -0.406 e. The highest BCUT2D eigenvalue weighted by molar-refractivity contribution is 7.07. The van der Waals surface area contributed by atoms with Gasteiger partial charge in [0, 0.05) is 23.2 Å². The largest absolute Gasteiger partial charge is 0.573 e. The standard InChI is InChI=1S/C31H27F3N6O2S/c1-19-3-14-26(22-8-9-22)27(15-19)40-20(2)17-43-30(40)37-29(41)35-16-21-4-6-23(7-5-21)28-36-18-39(38-28)24-10-12-25(13-11-24)42-31(32,33)34/h3-7,10-15,17-18,22H,8-9,16H2,1-2H3,(H,35,41)/b37-30-. The van der Waals surface area contributed by atoms with Gasteiger partial charge in [0.05, 0.1) is 11.4 Å². The molecule has 2 heterocycles. The predicted octanol–water partition coefficient (Wildman–Crippen LogP) is 6.99. The molecule has 43 heavy (non-hydrogen) atoms. The summed E-state index contributed by atoms with van der Waals surface area (Å²) in [5, 5.41) is 9.31. The average Bonchev–Trinajstić information content (AvgIpc) is 3.58. The first-order valence-corrected chi connectivity index (χ1v) is 14.5. The number of rotatable bonds is 7. The van der Waals surface area contributed by atoms with Crippen LogP contribution in [0.1, 0.15) is 41.1 Å². The number of halogens is 3. The van der Waals surface area contributed by atoms with Gasteiger partial charge in [-0.15, -0.1) is 29.6 Å². The van der Waals surface area contributed by atoms with Crippen LogP contribution in [-0.4, -0.2) is 31.7 Å². The summed E-state index contributed by atoms with van der Waals surface area (Å²) in [6.07, 6.45) is -0.908. The molecule has 0 bridgehead atoms. The maximum atomic E-state index is 12.8. The lowest BCUT2D eigenvalue weighted by atomic mass is 10.1. The van der Waals surface area contributed by atoms with E-state index < -0.39 is 12.4 Å². The molecule has 1 N–H and O–H groups in total. The van der Waals surface area contributed by atoms with Crippen molar-refractivity contribution in [1.82, 2.24) is 24.6 Å². The Balaban J connectivity index is 1.11. The maximum Gasteiger partial charge on any atom is 0.573 e. The molecule has 3 aromatic carbocycles. The molecule has 0 saturated heterocycles. The molecule has 2 amide bonds. The SMILES string of the molecule is Cc1ccc(C2CC2)c(-n2c(C)cs/c2=N\C(=O)NCc2ccc(-c3ncn(-c4ccc(OC(F)(F)F)cc4)n3)cc2)c1. The highest BCUT2D eigenvalue weighted by atomic mass is 32.1. The number of amides is 2. The van der Waals surface area contributed by atoms with Crippen LogP contribution in [0.15, 0.2) is 83.4 Å². The van der Waals surface area contributed by atoms with E-state index in [1.165, 1.54) is 65.0 Å². The van der Waals surface area contributed by atoms with Crippen molar-refractivity contribution in [2.75, 3.05) is 0 Å². The van der Waals surface area contributed by atoms with E-state index in [2.05, 4.69) is 54.8 Å². The number of ether oxygens (including phenoxy) is 1. The molecule has 0 unspecified atom stereocenters. The zero-order chi connectivity index (χ0) is 30.1. The number of carbonyl (C=O) groups is 1. The number of alkyl halides is 3. The molecule has 1 fully saturated rings. The zero-order valence-corrected chi connectivity index (χ0v) is 24.1. The lowest BCUT2D eigenvalue weighted by Gasteiger charge is -2.13. The Morgan fingerprint density at radius 3 is 2.51 bits per heavy atom. The number of thiazole rings is 1. The Hall–Kier alpha value is -4.71. The van der Waals surface area contributed by atoms with Gasteiger partial charge in [0.2, 0.25) is 0 Å². The molecule has 0 aliphatic heterocycles. The van der Waals surface area contributed by atoms with Gasteiger partial charge in [0.15, 0.2) is 10.6 Å². The van der Waals surface area contributed by atoms with Gasteiger partial charge >= 0.3 is 12.4 Å². The number of benzene rings is 3. The lowest BCUT2D eigenvalue weighted by molar-refractivity contribution is -0.274. The minimum atomic E-state index is -4.75. The van der Waals surface area contributed by atoms with E-state index in [9.17, 15) is 18.0 Å². The third-order valence-electron chi connectivity index (χ3n) is 7.00. The molecule has 2 aromatic heterocycles. The quantitative estimate of drug-likeness (QED) is 0.217. The smallest absolute Gasteiger partial charge is 0.406 e. The predicted molar refractivity (Wildman–Crippen MR) is 156 cm³/mol. The number of hydrogen-bond acceptors (Lipinski definition) is 5. The van der Waals surface area contributed by atoms with Crippen molar-refractivity contribution < 1.29 is 22.7 Å². The Morgan fingerprint density at radius 1 is 1.07 bits per heavy atom. The topological polar surface area (TPSA) is 86.3 Å². The fraction of sp³-hybridized carbons (Fsp3) is 0.226. The second kappa shape index (κ2) is 11.5. The summed E-state index contributed by atoms with van der Waals surface area (Å²) < 4.78 is 44.7. The van der Waals surface area contributed by atoms with Crippen molar-refractivity contribution in [2.24, 2.45) is 4.99 Å². The average molecular weight is 605 g/mol. The van der Waals surface area contributed by atoms with Crippen LogP contribution in [0.4, 0.5) is 18.0 Å². The van der Waals surface area contributed by atoms with Crippen molar-refractivity contribution in [3.8, 4) is 28.5 Å². The van der Waals surface area contributed by atoms with Gasteiger partial charge in [-0.25, -0.2) is 14.5 Å². The fourth-order valence-electron chi connectivity index (χ4n) is 4.75. The monoisotopic (exact) mass is 604 g/mol. The van der Waals surface area contributed by atoms with Gasteiger partial charge in [0.1, 0.15) is 12.1 Å². The summed E-state index contributed by atoms with van der Waals surface area (Å²) in [5.41, 5.74) is 6.72. The molecule has 0 spiro atoms. The fourth-order valence-corrected chi connectivity index (χ4v) is 5.61. The number of nitrogens with zero attached hydrogens (tertiary/aromatic N) is 5. The van der Waals surface area contributed by atoms with Crippen LogP contribution in [0, 0.1) is 13.8 Å². The summed E-state index contributed by atoms with van der Waals surface area (Å²) >= 11 is 1.44. The van der Waals surface area contributed by atoms with Gasteiger partial charge < -0.3 is 10.1 Å². The molecule has 5 aromatic rings. The molecule has 1 aliphatic carbocycles. The molecule has 1 aliphatic rings. The first-order chi connectivity index (χ1) is 20.6. The molecular formula is C31H27F3N6O2S. The highest BCUT2D eigenvalue weighted by Crippen LogP contribution is 2.43. The van der Waals surface area contributed by atoms with E-state index in [1.54, 1.807) is 0 Å². The second-order valence-corrected chi connectivity index (χ2v) is 11.2. The Kier molecular flexibility index (Phi) is 7.61. The molecule has 0 atom stereocenters. The van der Waals surface area contributed by atoms with Crippen molar-refractivity contribution in [2.45, 2.75) is 45.5 Å². The van der Waals surface area contributed by atoms with Crippen LogP contribution in [0.5, 0.6) is 5.75 Å². The van der Waals surface area contributed by atoms with Crippen molar-refractivity contribution in [1.29, 1.82) is 0 Å². The van der Waals surface area contributed by atoms with Crippen LogP contribution in [-0.2, 0) is 6.54 Å². The highest BCUT2D eigenvalue weighted by Gasteiger charge is 2.31. The normalized spacial score (nSPS) is 13.7. The van der Waals surface area contributed by atoms with E-state index in [4.69, 9.17) is 0 Å². The Labute approximate surface area is 249 Å². The van der Waals surface area contributed by atoms with Crippen LogP contribution < -0.4 is 14.9 Å². The first kappa shape index (κ1) is 28.4. The molecule has 220 valence electrons. The van der Waals surface area contributed by atoms with Crippen LogP contribution in [0.2, 0.25) is 0 Å². The number of aromatic nitrogens is 4. The number of hydrogen-bond donors (Lipinski definition) is 1. The molecule has 0 radical (unpaired) electrons. The van der Waals surface area contributed by atoms with Crippen molar-refractivity contribution in [3.05, 3.63) is 106 Å². The Morgan fingerprint density at radius 2 is 1.81 bits per heavy atom. The van der Waals surface area contributed by atoms with E-state index in [0.29, 0.717) is 28.8 Å². The van der Waals surface area contributed by atoms with Crippen LogP contribution in [0.25, 0.3) is 22.8 Å². The lowest BCUT2D eigenvalue weighted by Crippen LogP contribution is -2.24. The molecule has 8 nitrogen and oxygen atoms in total. The maximum absolute atomic E-state index is 12.8. The van der Waals surface area contributed by atoms with Gasteiger partial charge in [0.25, 0.3) is 0 Å². The number of aryl methyl sites for hydroxylation is 2. The number of carbonyl (C=O) groups excluding carboxylic acids is 1. The third kappa shape index (κ3) is 6.69. The molecule has 1 saturated carbocycles. The van der Waals surface area contributed by atoms with Crippen LogP contribution >= 0.6 is 11.3 Å². The summed E-state index contributed by atoms with van der Waals surface area (Å²) in [6.45, 7) is 4.38. The van der Waals surface area contributed by atoms with Gasteiger partial charge in [-0.05, 0) is 79.6 Å². The summed E-state index contributed by atoms with van der Waals surface area (Å²) in [5.74, 6) is 0.690. The van der Waals surface area contributed by atoms with Gasteiger partial charge in [-0.3, -0.25) is 4.57 Å². The van der Waals surface area contributed by atoms with Crippen molar-refractivity contribution >= 4 is 17.4 Å². The molecule has 12 heteroatoms. The number of nitrogens with one attached hydrogen (secondary N) is 1. The zero-order valence-electron chi connectivity index (χ0n) is 23.3. The van der Waals surface area contributed by atoms with E-state index in [0.717, 1.165) is 28.1 Å². The van der Waals surface area contributed by atoms with Crippen molar-refractivity contribution in [3.63, 3.8) is 0 Å². The van der Waals surface area contributed by atoms with E-state index >= 15 is 0 Å². The summed E-state index contributed by atoms with van der Waals surface area (Å²) in [4.78, 5) is 22.1. The second-order valence-electron chi connectivity index (χ2n) is 10.4. The Bertz CT molecular complexity index is 1840. The first-order valence-electron chi connectivity index (χ1n) is 13.6. The number of urea groups is 1. The minimum absolute atomic E-state index is 0.291. The molecular weight excluding hydrogens is 577 g/mol. The van der Waals surface area contributed by atoms with Crippen LogP contribution in [0.3, 0.4) is 0 Å². The summed E-state index contributed by atoms with van der Waals surface area (Å²) in [7, 11) is 0.